The first-order valence-corrected chi connectivity index (χ1v) is 5.20. The second-order valence-corrected chi connectivity index (χ2v) is 3.72. The van der Waals surface area contributed by atoms with Crippen molar-refractivity contribution in [3.63, 3.8) is 0 Å². The highest BCUT2D eigenvalue weighted by Crippen LogP contribution is 2.34. The molecule has 2 rings (SSSR count). The molecule has 0 N–H and O–H groups in total. The van der Waals surface area contributed by atoms with Gasteiger partial charge in [0, 0.05) is 6.08 Å². The van der Waals surface area contributed by atoms with Gasteiger partial charge in [-0.25, -0.2) is 4.79 Å². The van der Waals surface area contributed by atoms with E-state index in [2.05, 4.69) is 4.74 Å². The third-order valence-electron chi connectivity index (χ3n) is 2.82. The van der Waals surface area contributed by atoms with Crippen LogP contribution in [-0.4, -0.2) is 20.2 Å². The van der Waals surface area contributed by atoms with E-state index >= 15 is 0 Å². The van der Waals surface area contributed by atoms with E-state index in [-0.39, 0.29) is 5.97 Å². The molecule has 1 aliphatic carbocycles. The Balaban J connectivity index is 2.37. The Kier molecular flexibility index (Phi) is 2.95. The van der Waals surface area contributed by atoms with Crippen molar-refractivity contribution in [1.29, 1.82) is 0 Å². The molecule has 16 heavy (non-hydrogen) atoms. The van der Waals surface area contributed by atoms with Crippen LogP contribution in [0.4, 0.5) is 0 Å². The Labute approximate surface area is 94.7 Å². The molecule has 3 nitrogen and oxygen atoms in total. The maximum atomic E-state index is 11.2. The Morgan fingerprint density at radius 2 is 2.12 bits per heavy atom. The summed E-state index contributed by atoms with van der Waals surface area (Å²) >= 11 is 0. The van der Waals surface area contributed by atoms with E-state index in [0.717, 1.165) is 29.7 Å². The van der Waals surface area contributed by atoms with E-state index in [0.29, 0.717) is 0 Å². The average Bonchev–Trinajstić information content (AvgIpc) is 2.71. The van der Waals surface area contributed by atoms with Crippen LogP contribution < -0.4 is 4.74 Å². The quantitative estimate of drug-likeness (QED) is 0.564. The normalized spacial score (nSPS) is 16.0. The lowest BCUT2D eigenvalue weighted by Crippen LogP contribution is -1.96. The van der Waals surface area contributed by atoms with Crippen LogP contribution in [0.15, 0.2) is 24.3 Å². The van der Waals surface area contributed by atoms with E-state index in [9.17, 15) is 4.79 Å². The Bertz CT molecular complexity index is 446. The minimum Gasteiger partial charge on any atom is -0.497 e. The summed E-state index contributed by atoms with van der Waals surface area (Å²) in [5.41, 5.74) is 3.39. The molecule has 0 aromatic heterocycles. The topological polar surface area (TPSA) is 35.5 Å². The minimum absolute atomic E-state index is 0.300. The highest BCUT2D eigenvalue weighted by molar-refractivity contribution is 5.93. The van der Waals surface area contributed by atoms with Crippen LogP contribution in [0.25, 0.3) is 5.57 Å². The molecule has 1 aromatic carbocycles. The van der Waals surface area contributed by atoms with Gasteiger partial charge < -0.3 is 9.47 Å². The van der Waals surface area contributed by atoms with Gasteiger partial charge in [-0.05, 0) is 41.7 Å². The summed E-state index contributed by atoms with van der Waals surface area (Å²) in [6.07, 6.45) is 3.42. The lowest BCUT2D eigenvalue weighted by Gasteiger charge is -2.04. The number of fused-ring (bicyclic) bond motifs is 1. The van der Waals surface area contributed by atoms with Crippen molar-refractivity contribution in [1.82, 2.24) is 0 Å². The summed E-state index contributed by atoms with van der Waals surface area (Å²) in [4.78, 5) is 11.2. The number of ether oxygens (including phenoxy) is 2. The van der Waals surface area contributed by atoms with Gasteiger partial charge in [-0.3, -0.25) is 0 Å². The molecule has 0 unspecified atom stereocenters. The zero-order valence-corrected chi connectivity index (χ0v) is 9.45. The number of allylic oxidation sites excluding steroid dienone is 1. The standard InChI is InChI=1S/C13H14O3/c1-15-11-6-5-9-3-4-10(12(9)8-11)7-13(14)16-2/h5-8H,3-4H2,1-2H3/b10-7-. The zero-order valence-electron chi connectivity index (χ0n) is 9.45. The van der Waals surface area contributed by atoms with Gasteiger partial charge >= 0.3 is 5.97 Å². The Morgan fingerprint density at radius 1 is 1.31 bits per heavy atom. The molecule has 0 atom stereocenters. The van der Waals surface area contributed by atoms with Crippen molar-refractivity contribution >= 4 is 11.5 Å². The molecule has 0 radical (unpaired) electrons. The summed E-state index contributed by atoms with van der Waals surface area (Å²) in [6, 6.07) is 5.96. The molecule has 1 aromatic rings. The molecule has 0 heterocycles. The van der Waals surface area contributed by atoms with Crippen LogP contribution in [0.2, 0.25) is 0 Å². The van der Waals surface area contributed by atoms with Gasteiger partial charge in [0.2, 0.25) is 0 Å². The highest BCUT2D eigenvalue weighted by Gasteiger charge is 2.17. The fourth-order valence-electron chi connectivity index (χ4n) is 1.95. The van der Waals surface area contributed by atoms with Crippen LogP contribution in [0.1, 0.15) is 17.5 Å². The van der Waals surface area contributed by atoms with Crippen LogP contribution >= 0.6 is 0 Å². The predicted molar refractivity (Wildman–Crippen MR) is 61.3 cm³/mol. The van der Waals surface area contributed by atoms with Crippen LogP contribution in [0, 0.1) is 0 Å². The number of esters is 1. The first-order chi connectivity index (χ1) is 7.74. The van der Waals surface area contributed by atoms with Crippen molar-refractivity contribution in [2.24, 2.45) is 0 Å². The van der Waals surface area contributed by atoms with Crippen molar-refractivity contribution in [2.45, 2.75) is 12.8 Å². The average molecular weight is 218 g/mol. The molecule has 84 valence electrons. The van der Waals surface area contributed by atoms with Gasteiger partial charge in [0.1, 0.15) is 5.75 Å². The van der Waals surface area contributed by atoms with Crippen LogP contribution in [0.3, 0.4) is 0 Å². The molecule has 0 aliphatic heterocycles. The van der Waals surface area contributed by atoms with Gasteiger partial charge in [-0.1, -0.05) is 6.07 Å². The number of carbonyl (C=O) groups is 1. The molecule has 0 bridgehead atoms. The highest BCUT2D eigenvalue weighted by atomic mass is 16.5. The van der Waals surface area contributed by atoms with E-state index in [1.807, 2.05) is 18.2 Å². The van der Waals surface area contributed by atoms with Crippen molar-refractivity contribution < 1.29 is 14.3 Å². The first-order valence-electron chi connectivity index (χ1n) is 5.20. The molecule has 0 spiro atoms. The Morgan fingerprint density at radius 3 is 2.81 bits per heavy atom. The SMILES string of the molecule is COC(=O)/C=C1/CCc2ccc(OC)cc21. The smallest absolute Gasteiger partial charge is 0.330 e. The molecular weight excluding hydrogens is 204 g/mol. The van der Waals surface area contributed by atoms with E-state index in [1.54, 1.807) is 13.2 Å². The number of aryl methyl sites for hydroxylation is 1. The predicted octanol–water partition coefficient (Wildman–Crippen LogP) is 2.20. The lowest BCUT2D eigenvalue weighted by atomic mass is 10.1. The molecule has 1 aliphatic rings. The molecule has 0 saturated carbocycles. The molecular formula is C13H14O3. The summed E-state index contributed by atoms with van der Waals surface area (Å²) in [7, 11) is 3.03. The minimum atomic E-state index is -0.300. The molecule has 3 heteroatoms. The second kappa shape index (κ2) is 4.39. The van der Waals surface area contributed by atoms with Crippen LogP contribution in [-0.2, 0) is 16.0 Å². The van der Waals surface area contributed by atoms with Gasteiger partial charge in [0.25, 0.3) is 0 Å². The van der Waals surface area contributed by atoms with Gasteiger partial charge in [-0.2, -0.15) is 0 Å². The van der Waals surface area contributed by atoms with Crippen molar-refractivity contribution in [3.8, 4) is 5.75 Å². The summed E-state index contributed by atoms with van der Waals surface area (Å²) < 4.78 is 9.81. The number of rotatable bonds is 2. The summed E-state index contributed by atoms with van der Waals surface area (Å²) in [6.45, 7) is 0. The van der Waals surface area contributed by atoms with E-state index in [4.69, 9.17) is 4.74 Å². The number of hydrogen-bond donors (Lipinski definition) is 0. The van der Waals surface area contributed by atoms with Gasteiger partial charge in [-0.15, -0.1) is 0 Å². The number of benzene rings is 1. The number of hydrogen-bond acceptors (Lipinski definition) is 3. The Hall–Kier alpha value is -1.77. The zero-order chi connectivity index (χ0) is 11.5. The number of methoxy groups -OCH3 is 2. The fraction of sp³-hybridized carbons (Fsp3) is 0.308. The maximum Gasteiger partial charge on any atom is 0.330 e. The van der Waals surface area contributed by atoms with Crippen molar-refractivity contribution in [3.05, 3.63) is 35.4 Å². The summed E-state index contributed by atoms with van der Waals surface area (Å²) in [5, 5.41) is 0. The van der Waals surface area contributed by atoms with E-state index < -0.39 is 0 Å². The second-order valence-electron chi connectivity index (χ2n) is 3.72. The third-order valence-corrected chi connectivity index (χ3v) is 2.82. The first kappa shape index (κ1) is 10.7. The largest absolute Gasteiger partial charge is 0.497 e. The van der Waals surface area contributed by atoms with E-state index in [1.165, 1.54) is 12.7 Å². The van der Waals surface area contributed by atoms with Gasteiger partial charge in [0.05, 0.1) is 14.2 Å². The third kappa shape index (κ3) is 1.94. The monoisotopic (exact) mass is 218 g/mol. The lowest BCUT2D eigenvalue weighted by molar-refractivity contribution is -0.134. The molecule has 0 saturated heterocycles. The summed E-state index contributed by atoms with van der Waals surface area (Å²) in [5.74, 6) is 0.516. The maximum absolute atomic E-state index is 11.2. The number of carbonyl (C=O) groups excluding carboxylic acids is 1. The van der Waals surface area contributed by atoms with Crippen LogP contribution in [0.5, 0.6) is 5.75 Å². The van der Waals surface area contributed by atoms with Gasteiger partial charge in [0.15, 0.2) is 0 Å². The van der Waals surface area contributed by atoms with Crippen molar-refractivity contribution in [2.75, 3.05) is 14.2 Å². The fourth-order valence-corrected chi connectivity index (χ4v) is 1.95. The molecule has 0 fully saturated rings. The molecule has 0 amide bonds.